The van der Waals surface area contributed by atoms with Crippen molar-refractivity contribution in [3.8, 4) is 21.1 Å². The minimum atomic E-state index is 0.652. The number of rotatable bonds is 10. The minimum absolute atomic E-state index is 0.652. The van der Waals surface area contributed by atoms with E-state index in [-0.39, 0.29) is 0 Å². The van der Waals surface area contributed by atoms with Crippen LogP contribution in [0.2, 0.25) is 0 Å². The Bertz CT molecular complexity index is 1140. The van der Waals surface area contributed by atoms with Crippen LogP contribution in [-0.2, 0) is 0 Å². The summed E-state index contributed by atoms with van der Waals surface area (Å²) < 4.78 is 0. The molecular formula is C25H28N4S3. The summed E-state index contributed by atoms with van der Waals surface area (Å²) in [5.74, 6) is 0. The third-order valence-electron chi connectivity index (χ3n) is 5.25. The molecule has 0 radical (unpaired) electrons. The topological polar surface area (TPSA) is 49.8 Å². The van der Waals surface area contributed by atoms with Crippen molar-refractivity contribution in [2.75, 3.05) is 11.9 Å². The maximum absolute atomic E-state index is 5.49. The van der Waals surface area contributed by atoms with Gasteiger partial charge in [-0.05, 0) is 59.7 Å². The first kappa shape index (κ1) is 22.8. The quantitative estimate of drug-likeness (QED) is 0.180. The fraction of sp³-hybridized carbons (Fsp3) is 0.320. The molecule has 3 aromatic heterocycles. The van der Waals surface area contributed by atoms with E-state index in [1.165, 1.54) is 32.1 Å². The number of nitrogens with zero attached hydrogens (tertiary/aromatic N) is 2. The second-order valence-corrected chi connectivity index (χ2v) is 10.0. The average molecular weight is 481 g/mol. The zero-order valence-electron chi connectivity index (χ0n) is 18.3. The number of unbranched alkanes of at least 4 members (excludes halogenated alkanes) is 5. The van der Waals surface area contributed by atoms with Crippen LogP contribution in [0.4, 0.5) is 5.69 Å². The van der Waals surface area contributed by atoms with E-state index < -0.39 is 0 Å². The molecule has 4 nitrogen and oxygen atoms in total. The predicted octanol–water partition coefficient (Wildman–Crippen LogP) is 7.73. The van der Waals surface area contributed by atoms with Gasteiger partial charge in [-0.2, -0.15) is 0 Å². The Morgan fingerprint density at radius 1 is 0.844 bits per heavy atom. The smallest absolute Gasteiger partial charge is 0.170 e. The lowest BCUT2D eigenvalue weighted by atomic mass is 10.1. The SMILES string of the molecule is CCCCCCCCNC(=S)Nc1ccc2nc(-c3cccs3)c(-c3cccs3)nc2c1. The van der Waals surface area contributed by atoms with Crippen LogP contribution in [0.5, 0.6) is 0 Å². The van der Waals surface area contributed by atoms with Gasteiger partial charge in [0.15, 0.2) is 5.11 Å². The molecule has 0 unspecified atom stereocenters. The van der Waals surface area contributed by atoms with Crippen molar-refractivity contribution in [3.05, 3.63) is 53.2 Å². The van der Waals surface area contributed by atoms with Gasteiger partial charge in [-0.15, -0.1) is 22.7 Å². The summed E-state index contributed by atoms with van der Waals surface area (Å²) >= 11 is 8.86. The van der Waals surface area contributed by atoms with E-state index in [0.717, 1.165) is 50.8 Å². The summed E-state index contributed by atoms with van der Waals surface area (Å²) in [6.07, 6.45) is 7.65. The highest BCUT2D eigenvalue weighted by atomic mass is 32.1. The fourth-order valence-electron chi connectivity index (χ4n) is 3.58. The van der Waals surface area contributed by atoms with E-state index in [1.54, 1.807) is 22.7 Å². The Hall–Kier alpha value is -2.35. The van der Waals surface area contributed by atoms with Gasteiger partial charge in [-0.25, -0.2) is 9.97 Å². The highest BCUT2D eigenvalue weighted by Gasteiger charge is 2.15. The third kappa shape index (κ3) is 5.91. The maximum Gasteiger partial charge on any atom is 0.170 e. The second-order valence-electron chi connectivity index (χ2n) is 7.73. The number of fused-ring (bicyclic) bond motifs is 1. The molecule has 0 amide bonds. The molecule has 0 spiro atoms. The molecule has 4 rings (SSSR count). The summed E-state index contributed by atoms with van der Waals surface area (Å²) in [5.41, 5.74) is 4.53. The standard InChI is InChI=1S/C25H28N4S3/c1-2-3-4-5-6-7-14-26-25(30)27-18-12-13-19-20(17-18)29-24(22-11-9-16-32-22)23(28-19)21-10-8-15-31-21/h8-13,15-17H,2-7,14H2,1H3,(H2,26,27,30). The molecule has 0 saturated carbocycles. The molecule has 0 bridgehead atoms. The molecule has 0 saturated heterocycles. The summed E-state index contributed by atoms with van der Waals surface area (Å²) in [4.78, 5) is 12.2. The van der Waals surface area contributed by atoms with Gasteiger partial charge in [0, 0.05) is 12.2 Å². The number of hydrogen-bond acceptors (Lipinski definition) is 5. The van der Waals surface area contributed by atoms with Gasteiger partial charge in [0.25, 0.3) is 0 Å². The van der Waals surface area contributed by atoms with Crippen molar-refractivity contribution in [2.24, 2.45) is 0 Å². The van der Waals surface area contributed by atoms with Crippen LogP contribution < -0.4 is 10.6 Å². The van der Waals surface area contributed by atoms with Crippen molar-refractivity contribution in [1.82, 2.24) is 15.3 Å². The number of thiophene rings is 2. The van der Waals surface area contributed by atoms with Crippen molar-refractivity contribution in [3.63, 3.8) is 0 Å². The molecule has 166 valence electrons. The first-order valence-corrected chi connectivity index (χ1v) is 13.4. The van der Waals surface area contributed by atoms with Gasteiger partial charge in [0.1, 0.15) is 11.4 Å². The normalized spacial score (nSPS) is 11.0. The van der Waals surface area contributed by atoms with Gasteiger partial charge in [0.2, 0.25) is 0 Å². The Morgan fingerprint density at radius 3 is 2.16 bits per heavy atom. The highest BCUT2D eigenvalue weighted by Crippen LogP contribution is 2.35. The van der Waals surface area contributed by atoms with Crippen molar-refractivity contribution in [2.45, 2.75) is 45.4 Å². The van der Waals surface area contributed by atoms with Crippen molar-refractivity contribution < 1.29 is 0 Å². The lowest BCUT2D eigenvalue weighted by Gasteiger charge is -2.12. The number of hydrogen-bond donors (Lipinski definition) is 2. The molecular weight excluding hydrogens is 453 g/mol. The molecule has 1 aromatic carbocycles. The largest absolute Gasteiger partial charge is 0.362 e. The van der Waals surface area contributed by atoms with E-state index >= 15 is 0 Å². The Morgan fingerprint density at radius 2 is 1.50 bits per heavy atom. The van der Waals surface area contributed by atoms with Crippen molar-refractivity contribution >= 4 is 56.7 Å². The number of aromatic nitrogens is 2. The molecule has 0 aliphatic rings. The molecule has 4 aromatic rings. The summed E-state index contributed by atoms with van der Waals surface area (Å²) in [6, 6.07) is 14.3. The minimum Gasteiger partial charge on any atom is -0.362 e. The van der Waals surface area contributed by atoms with Crippen LogP contribution in [0, 0.1) is 0 Å². The molecule has 0 fully saturated rings. The summed E-state index contributed by atoms with van der Waals surface area (Å²) in [6.45, 7) is 3.15. The zero-order chi connectivity index (χ0) is 22.2. The highest BCUT2D eigenvalue weighted by molar-refractivity contribution is 7.80. The van der Waals surface area contributed by atoms with Gasteiger partial charge >= 0.3 is 0 Å². The monoisotopic (exact) mass is 480 g/mol. The van der Waals surface area contributed by atoms with E-state index in [4.69, 9.17) is 22.2 Å². The Balaban J connectivity index is 1.46. The lowest BCUT2D eigenvalue weighted by Crippen LogP contribution is -2.29. The Labute approximate surface area is 203 Å². The van der Waals surface area contributed by atoms with E-state index in [1.807, 2.05) is 18.2 Å². The molecule has 3 heterocycles. The van der Waals surface area contributed by atoms with E-state index in [9.17, 15) is 0 Å². The van der Waals surface area contributed by atoms with Crippen LogP contribution in [0.3, 0.4) is 0 Å². The molecule has 2 N–H and O–H groups in total. The Kier molecular flexibility index (Phi) is 8.20. The van der Waals surface area contributed by atoms with Crippen LogP contribution in [0.1, 0.15) is 45.4 Å². The predicted molar refractivity (Wildman–Crippen MR) is 144 cm³/mol. The summed E-state index contributed by atoms with van der Waals surface area (Å²) in [7, 11) is 0. The molecule has 0 aliphatic carbocycles. The van der Waals surface area contributed by atoms with Crippen LogP contribution in [0.15, 0.2) is 53.2 Å². The summed E-state index contributed by atoms with van der Waals surface area (Å²) in [5, 5.41) is 11.4. The lowest BCUT2D eigenvalue weighted by molar-refractivity contribution is 0.603. The number of thiocarbonyl (C=S) groups is 1. The van der Waals surface area contributed by atoms with Gasteiger partial charge in [-0.3, -0.25) is 0 Å². The third-order valence-corrected chi connectivity index (χ3v) is 7.25. The van der Waals surface area contributed by atoms with Gasteiger partial charge in [0.05, 0.1) is 20.8 Å². The van der Waals surface area contributed by atoms with E-state index in [2.05, 4.69) is 52.6 Å². The number of anilines is 1. The van der Waals surface area contributed by atoms with Crippen LogP contribution in [0.25, 0.3) is 32.2 Å². The molecule has 0 atom stereocenters. The molecule has 0 aliphatic heterocycles. The number of nitrogens with one attached hydrogen (secondary N) is 2. The molecule has 32 heavy (non-hydrogen) atoms. The first-order valence-electron chi connectivity index (χ1n) is 11.2. The first-order chi connectivity index (χ1) is 15.7. The second kappa shape index (κ2) is 11.5. The van der Waals surface area contributed by atoms with E-state index in [0.29, 0.717) is 5.11 Å². The number of benzene rings is 1. The van der Waals surface area contributed by atoms with Gasteiger partial charge < -0.3 is 10.6 Å². The van der Waals surface area contributed by atoms with Crippen LogP contribution in [-0.4, -0.2) is 21.6 Å². The zero-order valence-corrected chi connectivity index (χ0v) is 20.7. The van der Waals surface area contributed by atoms with Crippen molar-refractivity contribution in [1.29, 1.82) is 0 Å². The fourth-order valence-corrected chi connectivity index (χ4v) is 5.23. The molecule has 7 heteroatoms. The van der Waals surface area contributed by atoms with Gasteiger partial charge in [-0.1, -0.05) is 51.2 Å². The van der Waals surface area contributed by atoms with Crippen LogP contribution >= 0.6 is 34.9 Å². The maximum atomic E-state index is 5.49. The average Bonchev–Trinajstić information content (AvgIpc) is 3.52.